The number of rotatable bonds is 8. The average Bonchev–Trinajstić information content (AvgIpc) is 2.44. The predicted molar refractivity (Wildman–Crippen MR) is 83.2 cm³/mol. The summed E-state index contributed by atoms with van der Waals surface area (Å²) in [6.45, 7) is 5.17. The number of benzene rings is 1. The first-order valence-corrected chi connectivity index (χ1v) is 7.15. The Bertz CT molecular complexity index is 421. The van der Waals surface area contributed by atoms with E-state index in [9.17, 15) is 9.90 Å². The number of methoxy groups -OCH3 is 1. The average molecular weight is 294 g/mol. The molecule has 0 aliphatic rings. The highest BCUT2D eigenvalue weighted by Crippen LogP contribution is 2.20. The molecule has 0 aliphatic carbocycles. The first-order chi connectivity index (χ1) is 9.93. The molecule has 1 unspecified atom stereocenters. The lowest BCUT2D eigenvalue weighted by atomic mass is 9.86. The number of aliphatic hydroxyl groups excluding tert-OH is 1. The molecule has 0 fully saturated rings. The van der Waals surface area contributed by atoms with Gasteiger partial charge in [-0.05, 0) is 17.4 Å². The number of hydrogen-bond donors (Lipinski definition) is 3. The molecule has 3 N–H and O–H groups in total. The van der Waals surface area contributed by atoms with E-state index in [1.165, 1.54) is 12.7 Å². The van der Waals surface area contributed by atoms with E-state index >= 15 is 0 Å². The summed E-state index contributed by atoms with van der Waals surface area (Å²) < 4.78 is 4.79. The molecule has 0 saturated carbocycles. The van der Waals surface area contributed by atoms with Crippen LogP contribution in [0.5, 0.6) is 0 Å². The molecule has 21 heavy (non-hydrogen) atoms. The van der Waals surface area contributed by atoms with Crippen molar-refractivity contribution in [1.82, 2.24) is 10.6 Å². The van der Waals surface area contributed by atoms with Gasteiger partial charge in [-0.1, -0.05) is 44.2 Å². The Morgan fingerprint density at radius 3 is 2.57 bits per heavy atom. The van der Waals surface area contributed by atoms with Gasteiger partial charge in [0, 0.05) is 20.2 Å². The van der Waals surface area contributed by atoms with E-state index in [2.05, 4.69) is 36.6 Å². The van der Waals surface area contributed by atoms with Crippen LogP contribution < -0.4 is 10.6 Å². The van der Waals surface area contributed by atoms with Gasteiger partial charge in [-0.3, -0.25) is 0 Å². The normalized spacial score (nSPS) is 12.8. The Hall–Kier alpha value is -1.59. The van der Waals surface area contributed by atoms with Crippen molar-refractivity contribution < 1.29 is 14.6 Å². The van der Waals surface area contributed by atoms with Gasteiger partial charge in [0.15, 0.2) is 0 Å². The zero-order valence-corrected chi connectivity index (χ0v) is 13.1. The Labute approximate surface area is 126 Å². The molecule has 1 atom stereocenters. The van der Waals surface area contributed by atoms with E-state index in [-0.39, 0.29) is 24.6 Å². The van der Waals surface area contributed by atoms with Crippen molar-refractivity contribution in [2.45, 2.75) is 26.4 Å². The molecule has 118 valence electrons. The molecule has 1 aromatic carbocycles. The number of carbonyl (C=O) groups excluding carboxylic acids is 1. The zero-order valence-electron chi connectivity index (χ0n) is 13.1. The fraction of sp³-hybridized carbons (Fsp3) is 0.562. The molecule has 0 spiro atoms. The largest absolute Gasteiger partial charge is 0.389 e. The minimum Gasteiger partial charge on any atom is -0.389 e. The monoisotopic (exact) mass is 294 g/mol. The Balaban J connectivity index is 2.30. The van der Waals surface area contributed by atoms with Gasteiger partial charge < -0.3 is 20.5 Å². The van der Waals surface area contributed by atoms with Crippen LogP contribution in [0.4, 0.5) is 4.79 Å². The molecule has 0 heterocycles. The third-order valence-electron chi connectivity index (χ3n) is 3.11. The molecule has 5 heteroatoms. The Kier molecular flexibility index (Phi) is 7.19. The number of carbonyl (C=O) groups is 1. The zero-order chi connectivity index (χ0) is 15.7. The molecular weight excluding hydrogens is 268 g/mol. The molecule has 1 aromatic rings. The number of amides is 2. The summed E-state index contributed by atoms with van der Waals surface area (Å²) in [6, 6.07) is 9.93. The molecule has 0 radical (unpaired) electrons. The predicted octanol–water partition coefficient (Wildman–Crippen LogP) is 1.56. The highest BCUT2D eigenvalue weighted by molar-refractivity contribution is 5.73. The standard InChI is InChI=1S/C16H26N2O3/c1-16(2,9-13-7-5-4-6-8-13)12-18-15(20)17-10-14(19)11-21-3/h4-8,14,19H,9-12H2,1-3H3,(H2,17,18,20). The minimum absolute atomic E-state index is 0.0379. The van der Waals surface area contributed by atoms with Crippen LogP contribution in [0.15, 0.2) is 30.3 Å². The highest BCUT2D eigenvalue weighted by Gasteiger charge is 2.19. The summed E-state index contributed by atoms with van der Waals surface area (Å²) in [7, 11) is 1.51. The van der Waals surface area contributed by atoms with Crippen LogP contribution in [0.2, 0.25) is 0 Å². The lowest BCUT2D eigenvalue weighted by Crippen LogP contribution is -2.44. The smallest absolute Gasteiger partial charge is 0.314 e. The van der Waals surface area contributed by atoms with Crippen LogP contribution in [-0.2, 0) is 11.2 Å². The highest BCUT2D eigenvalue weighted by atomic mass is 16.5. The summed E-state index contributed by atoms with van der Waals surface area (Å²) in [5.74, 6) is 0. The molecule has 1 rings (SSSR count). The number of urea groups is 1. The Morgan fingerprint density at radius 1 is 1.29 bits per heavy atom. The van der Waals surface area contributed by atoms with Crippen LogP contribution in [0.1, 0.15) is 19.4 Å². The second-order valence-electron chi connectivity index (χ2n) is 6.00. The molecule has 0 aliphatic heterocycles. The van der Waals surface area contributed by atoms with Crippen molar-refractivity contribution in [3.05, 3.63) is 35.9 Å². The van der Waals surface area contributed by atoms with Gasteiger partial charge in [-0.25, -0.2) is 4.79 Å². The topological polar surface area (TPSA) is 70.6 Å². The van der Waals surface area contributed by atoms with Gasteiger partial charge in [0.25, 0.3) is 0 Å². The van der Waals surface area contributed by atoms with Crippen LogP contribution in [0.25, 0.3) is 0 Å². The fourth-order valence-corrected chi connectivity index (χ4v) is 2.05. The van der Waals surface area contributed by atoms with Crippen molar-refractivity contribution in [2.24, 2.45) is 5.41 Å². The van der Waals surface area contributed by atoms with Crippen LogP contribution in [0.3, 0.4) is 0 Å². The van der Waals surface area contributed by atoms with E-state index < -0.39 is 6.10 Å². The van der Waals surface area contributed by atoms with Crippen LogP contribution in [0, 0.1) is 5.41 Å². The van der Waals surface area contributed by atoms with Gasteiger partial charge in [0.2, 0.25) is 0 Å². The maximum Gasteiger partial charge on any atom is 0.314 e. The Morgan fingerprint density at radius 2 is 1.95 bits per heavy atom. The van der Waals surface area contributed by atoms with Crippen molar-refractivity contribution in [3.8, 4) is 0 Å². The van der Waals surface area contributed by atoms with Crippen LogP contribution in [-0.4, -0.2) is 44.0 Å². The summed E-state index contributed by atoms with van der Waals surface area (Å²) in [6.07, 6.45) is 0.207. The summed E-state index contributed by atoms with van der Waals surface area (Å²) in [5, 5.41) is 14.9. The van der Waals surface area contributed by atoms with E-state index in [4.69, 9.17) is 4.74 Å². The van der Waals surface area contributed by atoms with Gasteiger partial charge in [-0.2, -0.15) is 0 Å². The van der Waals surface area contributed by atoms with Crippen molar-refractivity contribution in [1.29, 1.82) is 0 Å². The second kappa shape index (κ2) is 8.64. The molecule has 2 amide bonds. The molecule has 0 aromatic heterocycles. The summed E-state index contributed by atoms with van der Waals surface area (Å²) >= 11 is 0. The fourth-order valence-electron chi connectivity index (χ4n) is 2.05. The second-order valence-corrected chi connectivity index (χ2v) is 6.00. The number of hydrogen-bond acceptors (Lipinski definition) is 3. The van der Waals surface area contributed by atoms with Crippen molar-refractivity contribution in [3.63, 3.8) is 0 Å². The maximum absolute atomic E-state index is 11.7. The molecule has 5 nitrogen and oxygen atoms in total. The van der Waals surface area contributed by atoms with E-state index in [1.54, 1.807) is 0 Å². The van der Waals surface area contributed by atoms with Gasteiger partial charge in [0.1, 0.15) is 0 Å². The third kappa shape index (κ3) is 7.68. The lowest BCUT2D eigenvalue weighted by Gasteiger charge is -2.25. The molecular formula is C16H26N2O3. The summed E-state index contributed by atoms with van der Waals surface area (Å²) in [4.78, 5) is 11.7. The third-order valence-corrected chi connectivity index (χ3v) is 3.11. The van der Waals surface area contributed by atoms with E-state index in [1.807, 2.05) is 18.2 Å². The number of nitrogens with one attached hydrogen (secondary N) is 2. The minimum atomic E-state index is -0.682. The quantitative estimate of drug-likeness (QED) is 0.681. The van der Waals surface area contributed by atoms with E-state index in [0.29, 0.717) is 6.54 Å². The number of ether oxygens (including phenoxy) is 1. The SMILES string of the molecule is COCC(O)CNC(=O)NCC(C)(C)Cc1ccccc1. The summed E-state index contributed by atoms with van der Waals surface area (Å²) in [5.41, 5.74) is 1.21. The maximum atomic E-state index is 11.7. The number of aliphatic hydroxyl groups is 1. The first kappa shape index (κ1) is 17.5. The molecule has 0 saturated heterocycles. The lowest BCUT2D eigenvalue weighted by molar-refractivity contribution is 0.0659. The molecule has 0 bridgehead atoms. The van der Waals surface area contributed by atoms with Gasteiger partial charge in [-0.15, -0.1) is 0 Å². The van der Waals surface area contributed by atoms with Crippen molar-refractivity contribution in [2.75, 3.05) is 26.8 Å². The van der Waals surface area contributed by atoms with Gasteiger partial charge in [0.05, 0.1) is 12.7 Å². The van der Waals surface area contributed by atoms with Gasteiger partial charge >= 0.3 is 6.03 Å². The van der Waals surface area contributed by atoms with Crippen molar-refractivity contribution >= 4 is 6.03 Å². The van der Waals surface area contributed by atoms with E-state index in [0.717, 1.165) is 6.42 Å². The first-order valence-electron chi connectivity index (χ1n) is 7.15. The van der Waals surface area contributed by atoms with Crippen LogP contribution >= 0.6 is 0 Å².